The lowest BCUT2D eigenvalue weighted by Crippen LogP contribution is -2.37. The molecular formula is C17H19BrN2O. The number of rotatable bonds is 6. The maximum atomic E-state index is 11.6. The average Bonchev–Trinajstić information content (AvgIpc) is 2.50. The molecule has 0 aliphatic rings. The van der Waals surface area contributed by atoms with Crippen molar-refractivity contribution in [2.75, 3.05) is 13.1 Å². The minimum absolute atomic E-state index is 0.108. The highest BCUT2D eigenvalue weighted by atomic mass is 79.9. The van der Waals surface area contributed by atoms with Crippen molar-refractivity contribution in [3.8, 4) is 0 Å². The molecule has 0 aromatic heterocycles. The Balaban J connectivity index is 1.60. The summed E-state index contributed by atoms with van der Waals surface area (Å²) in [6.07, 6.45) is 1.68. The summed E-state index contributed by atoms with van der Waals surface area (Å²) in [7, 11) is 0. The number of amides is 2. The van der Waals surface area contributed by atoms with Crippen LogP contribution in [0.5, 0.6) is 0 Å². The SMILES string of the molecule is O=C(NCCc1ccccc1)NCCc1ccc(Br)cc1. The van der Waals surface area contributed by atoms with Crippen LogP contribution in [0.4, 0.5) is 4.79 Å². The van der Waals surface area contributed by atoms with Gasteiger partial charge in [-0.25, -0.2) is 4.79 Å². The Morgan fingerprint density at radius 1 is 0.810 bits per heavy atom. The molecule has 0 radical (unpaired) electrons. The standard InChI is InChI=1S/C17H19BrN2O/c18-16-8-6-15(7-9-16)11-13-20-17(21)19-12-10-14-4-2-1-3-5-14/h1-9H,10-13H2,(H2,19,20,21). The van der Waals surface area contributed by atoms with Crippen molar-refractivity contribution in [3.63, 3.8) is 0 Å². The third-order valence-electron chi connectivity index (χ3n) is 3.15. The van der Waals surface area contributed by atoms with Crippen LogP contribution in [0.15, 0.2) is 59.1 Å². The maximum absolute atomic E-state index is 11.6. The molecule has 0 saturated carbocycles. The zero-order valence-electron chi connectivity index (χ0n) is 11.8. The summed E-state index contributed by atoms with van der Waals surface area (Å²) in [5.41, 5.74) is 2.44. The van der Waals surface area contributed by atoms with E-state index in [1.165, 1.54) is 11.1 Å². The lowest BCUT2D eigenvalue weighted by molar-refractivity contribution is 0.241. The zero-order valence-corrected chi connectivity index (χ0v) is 13.4. The van der Waals surface area contributed by atoms with Crippen molar-refractivity contribution in [2.45, 2.75) is 12.8 Å². The Morgan fingerprint density at radius 2 is 1.33 bits per heavy atom. The van der Waals surface area contributed by atoms with E-state index < -0.39 is 0 Å². The number of hydrogen-bond donors (Lipinski definition) is 2. The summed E-state index contributed by atoms with van der Waals surface area (Å²) in [5.74, 6) is 0. The van der Waals surface area contributed by atoms with Gasteiger partial charge in [-0.05, 0) is 36.1 Å². The molecule has 4 heteroatoms. The molecule has 0 aliphatic carbocycles. The first-order valence-electron chi connectivity index (χ1n) is 7.04. The van der Waals surface area contributed by atoms with Gasteiger partial charge in [-0.1, -0.05) is 58.4 Å². The molecule has 2 rings (SSSR count). The molecule has 3 nitrogen and oxygen atoms in total. The fourth-order valence-electron chi connectivity index (χ4n) is 2.00. The van der Waals surface area contributed by atoms with Gasteiger partial charge in [0.2, 0.25) is 0 Å². The number of nitrogens with one attached hydrogen (secondary N) is 2. The zero-order chi connectivity index (χ0) is 14.9. The molecule has 0 aliphatic heterocycles. The lowest BCUT2D eigenvalue weighted by Gasteiger charge is -2.08. The Bertz CT molecular complexity index is 555. The number of carbonyl (C=O) groups excluding carboxylic acids is 1. The van der Waals surface area contributed by atoms with Gasteiger partial charge in [-0.3, -0.25) is 0 Å². The molecule has 2 aromatic carbocycles. The van der Waals surface area contributed by atoms with Gasteiger partial charge in [0.05, 0.1) is 0 Å². The summed E-state index contributed by atoms with van der Waals surface area (Å²) in [6, 6.07) is 18.2. The summed E-state index contributed by atoms with van der Waals surface area (Å²) in [6.45, 7) is 1.28. The highest BCUT2D eigenvalue weighted by molar-refractivity contribution is 9.10. The molecule has 0 atom stereocenters. The minimum atomic E-state index is -0.108. The van der Waals surface area contributed by atoms with E-state index in [9.17, 15) is 4.79 Å². The van der Waals surface area contributed by atoms with Crippen molar-refractivity contribution in [3.05, 3.63) is 70.2 Å². The van der Waals surface area contributed by atoms with Crippen LogP contribution in [-0.2, 0) is 12.8 Å². The van der Waals surface area contributed by atoms with Crippen LogP contribution in [0.1, 0.15) is 11.1 Å². The maximum Gasteiger partial charge on any atom is 0.314 e. The molecule has 0 fully saturated rings. The third kappa shape index (κ3) is 6.00. The molecular weight excluding hydrogens is 328 g/mol. The summed E-state index contributed by atoms with van der Waals surface area (Å²) in [5, 5.41) is 5.74. The van der Waals surface area contributed by atoms with Crippen molar-refractivity contribution in [1.29, 1.82) is 0 Å². The van der Waals surface area contributed by atoms with Crippen LogP contribution in [0.3, 0.4) is 0 Å². The van der Waals surface area contributed by atoms with Gasteiger partial charge in [0.15, 0.2) is 0 Å². The van der Waals surface area contributed by atoms with Gasteiger partial charge in [0, 0.05) is 17.6 Å². The van der Waals surface area contributed by atoms with E-state index in [0.717, 1.165) is 17.3 Å². The second-order valence-corrected chi connectivity index (χ2v) is 5.71. The molecule has 0 spiro atoms. The second-order valence-electron chi connectivity index (χ2n) is 4.79. The molecule has 2 N–H and O–H groups in total. The van der Waals surface area contributed by atoms with Crippen LogP contribution < -0.4 is 10.6 Å². The largest absolute Gasteiger partial charge is 0.338 e. The molecule has 2 amide bonds. The molecule has 0 unspecified atom stereocenters. The fraction of sp³-hybridized carbons (Fsp3) is 0.235. The normalized spacial score (nSPS) is 10.1. The highest BCUT2D eigenvalue weighted by Crippen LogP contribution is 2.10. The van der Waals surface area contributed by atoms with Gasteiger partial charge in [-0.2, -0.15) is 0 Å². The smallest absolute Gasteiger partial charge is 0.314 e. The molecule has 0 bridgehead atoms. The van der Waals surface area contributed by atoms with Gasteiger partial charge >= 0.3 is 6.03 Å². The lowest BCUT2D eigenvalue weighted by atomic mass is 10.1. The number of carbonyl (C=O) groups is 1. The van der Waals surface area contributed by atoms with Crippen LogP contribution in [0.25, 0.3) is 0 Å². The predicted molar refractivity (Wildman–Crippen MR) is 89.4 cm³/mol. The Hall–Kier alpha value is -1.81. The van der Waals surface area contributed by atoms with Crippen LogP contribution >= 0.6 is 15.9 Å². The highest BCUT2D eigenvalue weighted by Gasteiger charge is 2.00. The minimum Gasteiger partial charge on any atom is -0.338 e. The van der Waals surface area contributed by atoms with Gasteiger partial charge in [0.1, 0.15) is 0 Å². The Kier molecular flexibility index (Phi) is 6.28. The quantitative estimate of drug-likeness (QED) is 0.825. The number of urea groups is 1. The Morgan fingerprint density at radius 3 is 1.90 bits per heavy atom. The first-order chi connectivity index (χ1) is 10.2. The van der Waals surface area contributed by atoms with Crippen LogP contribution in [-0.4, -0.2) is 19.1 Å². The number of halogens is 1. The molecule has 0 saturated heterocycles. The van der Waals surface area contributed by atoms with E-state index in [1.54, 1.807) is 0 Å². The van der Waals surface area contributed by atoms with Crippen molar-refractivity contribution >= 4 is 22.0 Å². The van der Waals surface area contributed by atoms with E-state index >= 15 is 0 Å². The van der Waals surface area contributed by atoms with E-state index in [1.807, 2.05) is 30.3 Å². The van der Waals surface area contributed by atoms with Gasteiger partial charge in [0.25, 0.3) is 0 Å². The van der Waals surface area contributed by atoms with E-state index in [4.69, 9.17) is 0 Å². The van der Waals surface area contributed by atoms with Crippen LogP contribution in [0, 0.1) is 0 Å². The number of hydrogen-bond acceptors (Lipinski definition) is 1. The van der Waals surface area contributed by atoms with Crippen LogP contribution in [0.2, 0.25) is 0 Å². The average molecular weight is 347 g/mol. The van der Waals surface area contributed by atoms with Crippen molar-refractivity contribution in [2.24, 2.45) is 0 Å². The first-order valence-corrected chi connectivity index (χ1v) is 7.83. The third-order valence-corrected chi connectivity index (χ3v) is 3.68. The summed E-state index contributed by atoms with van der Waals surface area (Å²) >= 11 is 3.40. The second kappa shape index (κ2) is 8.47. The van der Waals surface area contributed by atoms with Crippen molar-refractivity contribution < 1.29 is 4.79 Å². The molecule has 110 valence electrons. The number of benzene rings is 2. The van der Waals surface area contributed by atoms with E-state index in [0.29, 0.717) is 13.1 Å². The predicted octanol–water partition coefficient (Wildman–Crippen LogP) is 3.53. The van der Waals surface area contributed by atoms with Gasteiger partial charge in [-0.15, -0.1) is 0 Å². The first kappa shape index (κ1) is 15.6. The van der Waals surface area contributed by atoms with E-state index in [2.05, 4.69) is 50.8 Å². The Labute approximate surface area is 133 Å². The van der Waals surface area contributed by atoms with Gasteiger partial charge < -0.3 is 10.6 Å². The molecule has 0 heterocycles. The molecule has 21 heavy (non-hydrogen) atoms. The topological polar surface area (TPSA) is 41.1 Å². The van der Waals surface area contributed by atoms with E-state index in [-0.39, 0.29) is 6.03 Å². The molecule has 2 aromatic rings. The monoisotopic (exact) mass is 346 g/mol. The fourth-order valence-corrected chi connectivity index (χ4v) is 2.26. The summed E-state index contributed by atoms with van der Waals surface area (Å²) < 4.78 is 1.07. The summed E-state index contributed by atoms with van der Waals surface area (Å²) in [4.78, 5) is 11.6. The van der Waals surface area contributed by atoms with Crippen molar-refractivity contribution in [1.82, 2.24) is 10.6 Å².